The molecule has 1 aromatic carbocycles. The van der Waals surface area contributed by atoms with Gasteiger partial charge in [0.05, 0.1) is 18.9 Å². The van der Waals surface area contributed by atoms with E-state index in [-0.39, 0.29) is 24.5 Å². The smallest absolute Gasteiger partial charge is 0.343 e. The van der Waals surface area contributed by atoms with Crippen LogP contribution in [0.2, 0.25) is 0 Å². The lowest BCUT2D eigenvalue weighted by atomic mass is 10.1. The molecule has 5 heteroatoms. The predicted molar refractivity (Wildman–Crippen MR) is 81.7 cm³/mol. The van der Waals surface area contributed by atoms with Gasteiger partial charge in [-0.1, -0.05) is 25.1 Å². The molecule has 21 heavy (non-hydrogen) atoms. The lowest BCUT2D eigenvalue weighted by Gasteiger charge is -2.06. The highest BCUT2D eigenvalue weighted by Crippen LogP contribution is 2.19. The summed E-state index contributed by atoms with van der Waals surface area (Å²) < 4.78 is 4.92. The highest BCUT2D eigenvalue weighted by atomic mass is 16.5. The van der Waals surface area contributed by atoms with Gasteiger partial charge in [0.1, 0.15) is 11.3 Å². The molecule has 0 aliphatic rings. The summed E-state index contributed by atoms with van der Waals surface area (Å²) in [6.07, 6.45) is 2.37. The quantitative estimate of drug-likeness (QED) is 0.350. The highest BCUT2D eigenvalue weighted by molar-refractivity contribution is 6.10. The van der Waals surface area contributed by atoms with Crippen molar-refractivity contribution in [3.63, 3.8) is 0 Å². The Morgan fingerprint density at radius 3 is 2.67 bits per heavy atom. The van der Waals surface area contributed by atoms with Crippen LogP contribution >= 0.6 is 0 Å². The van der Waals surface area contributed by atoms with E-state index in [1.54, 1.807) is 31.2 Å². The third-order valence-electron chi connectivity index (χ3n) is 2.79. The first-order valence-electron chi connectivity index (χ1n) is 6.96. The van der Waals surface area contributed by atoms with Gasteiger partial charge in [-0.25, -0.2) is 4.79 Å². The Morgan fingerprint density at radius 1 is 1.33 bits per heavy atom. The zero-order valence-electron chi connectivity index (χ0n) is 12.4. The number of nitrogens with zero attached hydrogens (tertiary/aromatic N) is 1. The summed E-state index contributed by atoms with van der Waals surface area (Å²) in [5.41, 5.74) is 1.24. The van der Waals surface area contributed by atoms with Crippen molar-refractivity contribution in [2.75, 3.05) is 6.61 Å². The number of aliphatic hydroxyl groups excluding tert-OH is 2. The monoisotopic (exact) mass is 291 g/mol. The van der Waals surface area contributed by atoms with Gasteiger partial charge in [0.2, 0.25) is 0 Å². The average Bonchev–Trinajstić information content (AvgIpc) is 2.48. The van der Waals surface area contributed by atoms with Crippen LogP contribution in [-0.4, -0.2) is 29.0 Å². The zero-order valence-corrected chi connectivity index (χ0v) is 12.4. The summed E-state index contributed by atoms with van der Waals surface area (Å²) >= 11 is 0. The van der Waals surface area contributed by atoms with Crippen LogP contribution in [0.4, 0.5) is 5.69 Å². The van der Waals surface area contributed by atoms with Gasteiger partial charge in [-0.2, -0.15) is 0 Å². The van der Waals surface area contributed by atoms with E-state index in [2.05, 4.69) is 4.99 Å². The lowest BCUT2D eigenvalue weighted by molar-refractivity contribution is -0.138. The molecule has 0 amide bonds. The van der Waals surface area contributed by atoms with Crippen molar-refractivity contribution >= 4 is 17.9 Å². The summed E-state index contributed by atoms with van der Waals surface area (Å²) in [7, 11) is 0. The fourth-order valence-electron chi connectivity index (χ4n) is 1.73. The molecule has 0 saturated carbocycles. The molecule has 0 unspecified atom stereocenters. The molecule has 0 saturated heterocycles. The Kier molecular flexibility index (Phi) is 7.18. The van der Waals surface area contributed by atoms with Crippen molar-refractivity contribution in [2.24, 2.45) is 4.99 Å². The summed E-state index contributed by atoms with van der Waals surface area (Å²) in [6, 6.07) is 7.04. The molecule has 1 aromatic rings. The van der Waals surface area contributed by atoms with E-state index in [4.69, 9.17) is 4.74 Å². The van der Waals surface area contributed by atoms with Gasteiger partial charge in [0.15, 0.2) is 0 Å². The number of carbonyl (C=O) groups excluding carboxylic acids is 1. The SMILES string of the molecule is CCCC(O)=C(C=Nc1ccccc1CO)C(=O)OCC. The van der Waals surface area contributed by atoms with Crippen molar-refractivity contribution in [1.82, 2.24) is 0 Å². The molecule has 0 heterocycles. The standard InChI is InChI=1S/C16H21NO4/c1-3-7-15(19)13(16(20)21-4-2)10-17-14-9-6-5-8-12(14)11-18/h5-6,8-10,18-19H,3-4,7,11H2,1-2H3. The van der Waals surface area contributed by atoms with Gasteiger partial charge >= 0.3 is 5.97 Å². The molecule has 0 spiro atoms. The van der Waals surface area contributed by atoms with Crippen LogP contribution in [0.25, 0.3) is 0 Å². The maximum absolute atomic E-state index is 11.9. The minimum absolute atomic E-state index is 0.0406. The molecule has 1 rings (SSSR count). The van der Waals surface area contributed by atoms with E-state index in [9.17, 15) is 15.0 Å². The van der Waals surface area contributed by atoms with Crippen LogP contribution in [0.3, 0.4) is 0 Å². The molecule has 0 fully saturated rings. The fraction of sp³-hybridized carbons (Fsp3) is 0.375. The minimum Gasteiger partial charge on any atom is -0.511 e. The highest BCUT2D eigenvalue weighted by Gasteiger charge is 2.14. The van der Waals surface area contributed by atoms with Gasteiger partial charge in [-0.3, -0.25) is 4.99 Å². The second-order valence-corrected chi connectivity index (χ2v) is 4.38. The Labute approximate surface area is 124 Å². The first-order valence-corrected chi connectivity index (χ1v) is 6.96. The fourth-order valence-corrected chi connectivity index (χ4v) is 1.73. The normalized spacial score (nSPS) is 12.3. The predicted octanol–water partition coefficient (Wildman–Crippen LogP) is 3.06. The number of aliphatic hydroxyl groups is 2. The Hall–Kier alpha value is -2.14. The number of hydrogen-bond acceptors (Lipinski definition) is 5. The van der Waals surface area contributed by atoms with Crippen LogP contribution in [-0.2, 0) is 16.1 Å². The molecule has 0 atom stereocenters. The van der Waals surface area contributed by atoms with Crippen LogP contribution in [0.5, 0.6) is 0 Å². The molecular formula is C16H21NO4. The van der Waals surface area contributed by atoms with Gasteiger partial charge in [-0.05, 0) is 19.4 Å². The Morgan fingerprint density at radius 2 is 2.05 bits per heavy atom. The van der Waals surface area contributed by atoms with Gasteiger partial charge in [-0.15, -0.1) is 0 Å². The second-order valence-electron chi connectivity index (χ2n) is 4.38. The number of para-hydroxylation sites is 1. The van der Waals surface area contributed by atoms with E-state index in [0.717, 1.165) is 0 Å². The minimum atomic E-state index is -0.603. The number of ether oxygens (including phenoxy) is 1. The third kappa shape index (κ3) is 5.04. The maximum atomic E-state index is 11.9. The Balaban J connectivity index is 3.08. The van der Waals surface area contributed by atoms with Crippen LogP contribution < -0.4 is 0 Å². The molecule has 2 N–H and O–H groups in total. The Bertz CT molecular complexity index is 535. The number of esters is 1. The molecule has 114 valence electrons. The third-order valence-corrected chi connectivity index (χ3v) is 2.79. The average molecular weight is 291 g/mol. The van der Waals surface area contributed by atoms with Crippen molar-refractivity contribution in [1.29, 1.82) is 0 Å². The molecule has 0 aromatic heterocycles. The first-order chi connectivity index (χ1) is 10.1. The maximum Gasteiger partial charge on any atom is 0.343 e. The van der Waals surface area contributed by atoms with Crippen molar-refractivity contribution in [3.8, 4) is 0 Å². The molecule has 5 nitrogen and oxygen atoms in total. The summed E-state index contributed by atoms with van der Waals surface area (Å²) in [5, 5.41) is 19.2. The number of benzene rings is 1. The van der Waals surface area contributed by atoms with E-state index in [1.807, 2.05) is 6.92 Å². The van der Waals surface area contributed by atoms with Crippen molar-refractivity contribution in [2.45, 2.75) is 33.3 Å². The van der Waals surface area contributed by atoms with E-state index < -0.39 is 5.97 Å². The van der Waals surface area contributed by atoms with Gasteiger partial charge < -0.3 is 14.9 Å². The van der Waals surface area contributed by atoms with Crippen molar-refractivity contribution < 1.29 is 19.7 Å². The molecule has 0 radical (unpaired) electrons. The molecule has 0 bridgehead atoms. The number of allylic oxidation sites excluding steroid dienone is 1. The topological polar surface area (TPSA) is 79.1 Å². The van der Waals surface area contributed by atoms with E-state index >= 15 is 0 Å². The van der Waals surface area contributed by atoms with Crippen LogP contribution in [0.15, 0.2) is 40.6 Å². The number of rotatable bonds is 7. The summed E-state index contributed by atoms with van der Waals surface area (Å²) in [4.78, 5) is 16.0. The second kappa shape index (κ2) is 8.92. The van der Waals surface area contributed by atoms with Crippen molar-refractivity contribution in [3.05, 3.63) is 41.2 Å². The van der Waals surface area contributed by atoms with E-state index in [1.165, 1.54) is 6.21 Å². The van der Waals surface area contributed by atoms with E-state index in [0.29, 0.717) is 24.1 Å². The number of hydrogen-bond donors (Lipinski definition) is 2. The molecule has 0 aliphatic heterocycles. The van der Waals surface area contributed by atoms with Gasteiger partial charge in [0.25, 0.3) is 0 Å². The van der Waals surface area contributed by atoms with Crippen LogP contribution in [0.1, 0.15) is 32.3 Å². The van der Waals surface area contributed by atoms with Gasteiger partial charge in [0, 0.05) is 18.2 Å². The summed E-state index contributed by atoms with van der Waals surface area (Å²) in [5.74, 6) is -0.644. The lowest BCUT2D eigenvalue weighted by Crippen LogP contribution is -2.11. The largest absolute Gasteiger partial charge is 0.511 e. The number of carbonyl (C=O) groups is 1. The summed E-state index contributed by atoms with van der Waals surface area (Å²) in [6.45, 7) is 3.68. The van der Waals surface area contributed by atoms with Crippen LogP contribution in [0, 0.1) is 0 Å². The number of aliphatic imine (C=N–C) groups is 1. The zero-order chi connectivity index (χ0) is 15.7. The molecular weight excluding hydrogens is 270 g/mol. The molecule has 0 aliphatic carbocycles. The first kappa shape index (κ1) is 16.9.